The molecule has 0 aliphatic carbocycles. The Bertz CT molecular complexity index is 283. The lowest BCUT2D eigenvalue weighted by molar-refractivity contribution is 0.335. The van der Waals surface area contributed by atoms with Crippen molar-refractivity contribution in [1.82, 2.24) is 0 Å². The number of hydrogen-bond donors (Lipinski definition) is 1. The van der Waals surface area contributed by atoms with E-state index in [9.17, 15) is 8.42 Å². The van der Waals surface area contributed by atoms with Crippen LogP contribution >= 0.6 is 0 Å². The summed E-state index contributed by atoms with van der Waals surface area (Å²) >= 11 is 0. The lowest BCUT2D eigenvalue weighted by Gasteiger charge is -2.22. The molecular weight excluding hydrogens is 222 g/mol. The summed E-state index contributed by atoms with van der Waals surface area (Å²) in [4.78, 5) is 0. The normalized spacial score (nSPS) is 15.1. The number of sulfone groups is 1. The Balaban J connectivity index is 3.92. The highest BCUT2D eigenvalue weighted by Gasteiger charge is 2.19. The zero-order chi connectivity index (χ0) is 12.8. The molecular formula is C12H27NO2S. The third-order valence-corrected chi connectivity index (χ3v) is 5.69. The van der Waals surface area contributed by atoms with Crippen molar-refractivity contribution in [2.75, 3.05) is 12.3 Å². The van der Waals surface area contributed by atoms with Crippen molar-refractivity contribution in [2.45, 2.75) is 58.6 Å². The first-order chi connectivity index (χ1) is 7.25. The largest absolute Gasteiger partial charge is 0.330 e. The van der Waals surface area contributed by atoms with Gasteiger partial charge in [0.15, 0.2) is 9.84 Å². The van der Waals surface area contributed by atoms with Crippen molar-refractivity contribution in [1.29, 1.82) is 0 Å². The molecule has 0 rings (SSSR count). The van der Waals surface area contributed by atoms with Gasteiger partial charge in [0.2, 0.25) is 0 Å². The summed E-state index contributed by atoms with van der Waals surface area (Å²) in [6.45, 7) is 8.61. The third-order valence-electron chi connectivity index (χ3n) is 3.27. The molecule has 1 atom stereocenters. The van der Waals surface area contributed by atoms with Crippen molar-refractivity contribution < 1.29 is 8.42 Å². The summed E-state index contributed by atoms with van der Waals surface area (Å²) < 4.78 is 23.5. The van der Waals surface area contributed by atoms with Crippen LogP contribution in [0.5, 0.6) is 0 Å². The van der Waals surface area contributed by atoms with Gasteiger partial charge in [-0.1, -0.05) is 27.2 Å². The highest BCUT2D eigenvalue weighted by Crippen LogP contribution is 2.21. The van der Waals surface area contributed by atoms with Gasteiger partial charge in [0.25, 0.3) is 0 Å². The standard InChI is InChI=1S/C12H27NO2S/c1-5-11(2)16(14,15)9-7-6-8-12(3,4)10-13/h11H,5-10,13H2,1-4H3. The van der Waals surface area contributed by atoms with Crippen LogP contribution < -0.4 is 5.73 Å². The van der Waals surface area contributed by atoms with Crippen LogP contribution in [0.25, 0.3) is 0 Å². The third kappa shape index (κ3) is 5.85. The molecule has 0 aromatic carbocycles. The Hall–Kier alpha value is -0.0900. The highest BCUT2D eigenvalue weighted by molar-refractivity contribution is 7.91. The molecule has 1 unspecified atom stereocenters. The first-order valence-corrected chi connectivity index (χ1v) is 7.88. The SMILES string of the molecule is CCC(C)S(=O)(=O)CCCCC(C)(C)CN. The molecule has 0 bridgehead atoms. The van der Waals surface area contributed by atoms with Crippen LogP contribution in [-0.2, 0) is 9.84 Å². The van der Waals surface area contributed by atoms with Crippen molar-refractivity contribution in [3.8, 4) is 0 Å². The first-order valence-electron chi connectivity index (χ1n) is 6.17. The van der Waals surface area contributed by atoms with Crippen LogP contribution in [0.4, 0.5) is 0 Å². The second-order valence-corrected chi connectivity index (χ2v) is 7.95. The molecule has 0 fully saturated rings. The molecule has 0 aromatic heterocycles. The van der Waals surface area contributed by atoms with E-state index in [0.717, 1.165) is 19.3 Å². The van der Waals surface area contributed by atoms with E-state index in [4.69, 9.17) is 5.73 Å². The van der Waals surface area contributed by atoms with Crippen LogP contribution in [-0.4, -0.2) is 26.0 Å². The Kier molecular flexibility index (Phi) is 6.56. The van der Waals surface area contributed by atoms with E-state index < -0.39 is 9.84 Å². The maximum Gasteiger partial charge on any atom is 0.152 e. The summed E-state index contributed by atoms with van der Waals surface area (Å²) in [5, 5.41) is -0.199. The molecule has 0 saturated carbocycles. The predicted molar refractivity (Wildman–Crippen MR) is 70.2 cm³/mol. The molecule has 98 valence electrons. The molecule has 0 saturated heterocycles. The molecule has 0 heterocycles. The molecule has 0 spiro atoms. The Morgan fingerprint density at radius 2 is 1.81 bits per heavy atom. The molecule has 0 aliphatic rings. The van der Waals surface area contributed by atoms with Gasteiger partial charge in [-0.05, 0) is 38.1 Å². The van der Waals surface area contributed by atoms with E-state index >= 15 is 0 Å². The van der Waals surface area contributed by atoms with Crippen LogP contribution in [0.1, 0.15) is 53.4 Å². The highest BCUT2D eigenvalue weighted by atomic mass is 32.2. The van der Waals surface area contributed by atoms with Gasteiger partial charge in [0.1, 0.15) is 0 Å². The molecule has 0 aliphatic heterocycles. The Morgan fingerprint density at radius 3 is 2.25 bits per heavy atom. The quantitative estimate of drug-likeness (QED) is 0.672. The summed E-state index contributed by atoms with van der Waals surface area (Å²) in [6.07, 6.45) is 3.41. The monoisotopic (exact) mass is 249 g/mol. The van der Waals surface area contributed by atoms with Crippen LogP contribution in [0, 0.1) is 5.41 Å². The molecule has 16 heavy (non-hydrogen) atoms. The second-order valence-electron chi connectivity index (χ2n) is 5.41. The molecule has 0 aromatic rings. The fourth-order valence-electron chi connectivity index (χ4n) is 1.46. The van der Waals surface area contributed by atoms with Gasteiger partial charge in [-0.15, -0.1) is 0 Å². The van der Waals surface area contributed by atoms with Crippen LogP contribution in [0.15, 0.2) is 0 Å². The van der Waals surface area contributed by atoms with E-state index in [-0.39, 0.29) is 10.7 Å². The number of hydrogen-bond acceptors (Lipinski definition) is 3. The maximum atomic E-state index is 11.7. The van der Waals surface area contributed by atoms with Crippen molar-refractivity contribution in [3.05, 3.63) is 0 Å². The molecule has 0 radical (unpaired) electrons. The topological polar surface area (TPSA) is 60.2 Å². The van der Waals surface area contributed by atoms with Crippen LogP contribution in [0.3, 0.4) is 0 Å². The van der Waals surface area contributed by atoms with E-state index in [1.54, 1.807) is 6.92 Å². The zero-order valence-corrected chi connectivity index (χ0v) is 11.9. The fourth-order valence-corrected chi connectivity index (χ4v) is 2.98. The number of rotatable bonds is 8. The number of nitrogens with two attached hydrogens (primary N) is 1. The van der Waals surface area contributed by atoms with E-state index in [0.29, 0.717) is 18.7 Å². The van der Waals surface area contributed by atoms with Gasteiger partial charge in [-0.2, -0.15) is 0 Å². The molecule has 3 nitrogen and oxygen atoms in total. The minimum absolute atomic E-state index is 0.139. The summed E-state index contributed by atoms with van der Waals surface area (Å²) in [5.74, 6) is 0.322. The summed E-state index contributed by atoms with van der Waals surface area (Å²) in [6, 6.07) is 0. The minimum Gasteiger partial charge on any atom is -0.330 e. The average molecular weight is 249 g/mol. The zero-order valence-electron chi connectivity index (χ0n) is 11.1. The average Bonchev–Trinajstić information content (AvgIpc) is 2.23. The smallest absolute Gasteiger partial charge is 0.152 e. The fraction of sp³-hybridized carbons (Fsp3) is 1.00. The first kappa shape index (κ1) is 15.9. The van der Waals surface area contributed by atoms with E-state index in [1.807, 2.05) is 6.92 Å². The van der Waals surface area contributed by atoms with Gasteiger partial charge in [-0.25, -0.2) is 8.42 Å². The van der Waals surface area contributed by atoms with Gasteiger partial charge in [-0.3, -0.25) is 0 Å². The predicted octanol–water partition coefficient (Wildman–Crippen LogP) is 2.35. The molecule has 0 amide bonds. The summed E-state index contributed by atoms with van der Waals surface area (Å²) in [7, 11) is -2.87. The van der Waals surface area contributed by atoms with E-state index in [2.05, 4.69) is 13.8 Å². The van der Waals surface area contributed by atoms with Crippen LogP contribution in [0.2, 0.25) is 0 Å². The molecule has 4 heteroatoms. The molecule has 2 N–H and O–H groups in total. The lowest BCUT2D eigenvalue weighted by atomic mass is 9.88. The van der Waals surface area contributed by atoms with Gasteiger partial charge in [0.05, 0.1) is 11.0 Å². The van der Waals surface area contributed by atoms with Gasteiger partial charge >= 0.3 is 0 Å². The van der Waals surface area contributed by atoms with Crippen molar-refractivity contribution in [2.24, 2.45) is 11.1 Å². The van der Waals surface area contributed by atoms with Crippen molar-refractivity contribution >= 4 is 9.84 Å². The van der Waals surface area contributed by atoms with Gasteiger partial charge < -0.3 is 5.73 Å². The minimum atomic E-state index is -2.87. The van der Waals surface area contributed by atoms with Gasteiger partial charge in [0, 0.05) is 0 Å². The van der Waals surface area contributed by atoms with Crippen molar-refractivity contribution in [3.63, 3.8) is 0 Å². The Labute approximate surface area is 101 Å². The van der Waals surface area contributed by atoms with E-state index in [1.165, 1.54) is 0 Å². The maximum absolute atomic E-state index is 11.7. The summed E-state index contributed by atoms with van der Waals surface area (Å²) in [5.41, 5.74) is 5.76. The Morgan fingerprint density at radius 1 is 1.25 bits per heavy atom. The second kappa shape index (κ2) is 6.60. The number of unbranched alkanes of at least 4 members (excludes halogenated alkanes) is 1. The lowest BCUT2D eigenvalue weighted by Crippen LogP contribution is -2.24.